The van der Waals surface area contributed by atoms with Gasteiger partial charge in [0.25, 0.3) is 5.91 Å². The van der Waals surface area contributed by atoms with Crippen LogP contribution < -0.4 is 5.32 Å². The van der Waals surface area contributed by atoms with E-state index in [1.807, 2.05) is 6.92 Å². The van der Waals surface area contributed by atoms with E-state index in [9.17, 15) is 4.79 Å². The van der Waals surface area contributed by atoms with Crippen LogP contribution in [0.2, 0.25) is 0 Å². The van der Waals surface area contributed by atoms with E-state index >= 15 is 0 Å². The molecular formula is C14H22N4O2. The number of rotatable bonds is 4. The summed E-state index contributed by atoms with van der Waals surface area (Å²) in [6.07, 6.45) is 1.49. The van der Waals surface area contributed by atoms with Gasteiger partial charge in [0.1, 0.15) is 0 Å². The number of hydrogen-bond acceptors (Lipinski definition) is 5. The molecular weight excluding hydrogens is 256 g/mol. The van der Waals surface area contributed by atoms with E-state index in [0.29, 0.717) is 12.1 Å². The fourth-order valence-corrected chi connectivity index (χ4v) is 2.28. The van der Waals surface area contributed by atoms with Crippen LogP contribution in [0.25, 0.3) is 0 Å². The zero-order valence-corrected chi connectivity index (χ0v) is 12.3. The Labute approximate surface area is 119 Å². The first kappa shape index (κ1) is 14.9. The number of amides is 1. The first-order valence-electron chi connectivity index (χ1n) is 6.89. The second kappa shape index (κ2) is 6.28. The molecule has 0 aliphatic carbocycles. The normalized spacial score (nSPS) is 16.9. The number of morpholine rings is 1. The van der Waals surface area contributed by atoms with Gasteiger partial charge >= 0.3 is 0 Å². The fraction of sp³-hybridized carbons (Fsp3) is 0.643. The van der Waals surface area contributed by atoms with Gasteiger partial charge in [-0.3, -0.25) is 9.69 Å². The Balaban J connectivity index is 1.91. The molecule has 0 radical (unpaired) electrons. The maximum atomic E-state index is 12.1. The van der Waals surface area contributed by atoms with Crippen LogP contribution in [0.15, 0.2) is 12.3 Å². The van der Waals surface area contributed by atoms with Gasteiger partial charge < -0.3 is 10.1 Å². The van der Waals surface area contributed by atoms with E-state index in [0.717, 1.165) is 32.0 Å². The van der Waals surface area contributed by atoms with Crippen LogP contribution in [0.4, 0.5) is 0 Å². The Hall–Kier alpha value is -1.53. The van der Waals surface area contributed by atoms with Gasteiger partial charge in [-0.1, -0.05) is 0 Å². The first-order valence-corrected chi connectivity index (χ1v) is 6.89. The minimum Gasteiger partial charge on any atom is -0.379 e. The van der Waals surface area contributed by atoms with Crippen molar-refractivity contribution in [1.82, 2.24) is 20.4 Å². The van der Waals surface area contributed by atoms with Crippen molar-refractivity contribution in [2.45, 2.75) is 26.3 Å². The predicted octanol–water partition coefficient (Wildman–Crippen LogP) is 0.626. The molecule has 1 fully saturated rings. The number of ether oxygens (including phenoxy) is 1. The second-order valence-corrected chi connectivity index (χ2v) is 5.68. The molecule has 2 rings (SSSR count). The fourth-order valence-electron chi connectivity index (χ4n) is 2.28. The Bertz CT molecular complexity index is 470. The lowest BCUT2D eigenvalue weighted by molar-refractivity contribution is -0.00923. The van der Waals surface area contributed by atoms with Gasteiger partial charge in [0.05, 0.1) is 30.7 Å². The smallest absolute Gasteiger partial charge is 0.253 e. The maximum absolute atomic E-state index is 12.1. The van der Waals surface area contributed by atoms with Crippen molar-refractivity contribution < 1.29 is 9.53 Å². The van der Waals surface area contributed by atoms with E-state index in [-0.39, 0.29) is 11.4 Å². The monoisotopic (exact) mass is 278 g/mol. The summed E-state index contributed by atoms with van der Waals surface area (Å²) in [5.41, 5.74) is 1.20. The molecule has 0 bridgehead atoms. The van der Waals surface area contributed by atoms with E-state index < -0.39 is 0 Å². The largest absolute Gasteiger partial charge is 0.379 e. The van der Waals surface area contributed by atoms with Crippen molar-refractivity contribution in [2.24, 2.45) is 0 Å². The highest BCUT2D eigenvalue weighted by Gasteiger charge is 2.28. The number of nitrogens with one attached hydrogen (secondary N) is 1. The molecule has 0 aromatic carbocycles. The number of aryl methyl sites for hydroxylation is 1. The van der Waals surface area contributed by atoms with Crippen LogP contribution in [0.3, 0.4) is 0 Å². The van der Waals surface area contributed by atoms with Crippen molar-refractivity contribution in [3.05, 3.63) is 23.5 Å². The summed E-state index contributed by atoms with van der Waals surface area (Å²) in [7, 11) is 0. The molecule has 0 atom stereocenters. The summed E-state index contributed by atoms with van der Waals surface area (Å²) in [6, 6.07) is 1.74. The summed E-state index contributed by atoms with van der Waals surface area (Å²) in [5.74, 6) is -0.107. The lowest BCUT2D eigenvalue weighted by Gasteiger charge is -2.40. The minimum absolute atomic E-state index is 0.0883. The third-order valence-electron chi connectivity index (χ3n) is 3.59. The van der Waals surface area contributed by atoms with Gasteiger partial charge in [0.15, 0.2) is 0 Å². The Morgan fingerprint density at radius 2 is 2.15 bits per heavy atom. The SMILES string of the molecule is Cc1cc(C(=O)NCC(C)(C)N2CCOCC2)cnn1. The minimum atomic E-state index is -0.107. The molecule has 6 nitrogen and oxygen atoms in total. The van der Waals surface area contributed by atoms with Gasteiger partial charge in [0.2, 0.25) is 0 Å². The molecule has 1 amide bonds. The van der Waals surface area contributed by atoms with Crippen molar-refractivity contribution in [1.29, 1.82) is 0 Å². The summed E-state index contributed by atoms with van der Waals surface area (Å²) < 4.78 is 5.36. The molecule has 0 spiro atoms. The molecule has 0 unspecified atom stereocenters. The van der Waals surface area contributed by atoms with Crippen LogP contribution in [-0.2, 0) is 4.74 Å². The van der Waals surface area contributed by atoms with Crippen LogP contribution in [0.1, 0.15) is 29.9 Å². The van der Waals surface area contributed by atoms with Crippen molar-refractivity contribution in [3.63, 3.8) is 0 Å². The van der Waals surface area contributed by atoms with Gasteiger partial charge in [-0.05, 0) is 26.8 Å². The van der Waals surface area contributed by atoms with Gasteiger partial charge in [0, 0.05) is 25.2 Å². The summed E-state index contributed by atoms with van der Waals surface area (Å²) in [5, 5.41) is 10.6. The zero-order chi connectivity index (χ0) is 14.6. The number of carbonyl (C=O) groups is 1. The molecule has 20 heavy (non-hydrogen) atoms. The topological polar surface area (TPSA) is 67.4 Å². The van der Waals surface area contributed by atoms with Crippen molar-refractivity contribution >= 4 is 5.91 Å². The van der Waals surface area contributed by atoms with Crippen molar-refractivity contribution in [2.75, 3.05) is 32.8 Å². The standard InChI is InChI=1S/C14H22N4O2/c1-11-8-12(9-16-17-11)13(19)15-10-14(2,3)18-4-6-20-7-5-18/h8-9H,4-7,10H2,1-3H3,(H,15,19). The number of nitrogens with zero attached hydrogens (tertiary/aromatic N) is 3. The van der Waals surface area contributed by atoms with E-state index in [1.165, 1.54) is 6.20 Å². The number of aromatic nitrogens is 2. The molecule has 1 aliphatic heterocycles. The first-order chi connectivity index (χ1) is 9.49. The summed E-state index contributed by atoms with van der Waals surface area (Å²) in [6.45, 7) is 9.99. The van der Waals surface area contributed by atoms with Crippen molar-refractivity contribution in [3.8, 4) is 0 Å². The second-order valence-electron chi connectivity index (χ2n) is 5.68. The molecule has 1 N–H and O–H groups in total. The van der Waals surface area contributed by atoms with E-state index in [1.54, 1.807) is 6.07 Å². The summed E-state index contributed by atoms with van der Waals surface area (Å²) in [4.78, 5) is 14.4. The molecule has 6 heteroatoms. The van der Waals surface area contributed by atoms with Gasteiger partial charge in [-0.25, -0.2) is 0 Å². The van der Waals surface area contributed by atoms with Crippen LogP contribution in [0.5, 0.6) is 0 Å². The van der Waals surface area contributed by atoms with Gasteiger partial charge in [-0.2, -0.15) is 10.2 Å². The number of carbonyl (C=O) groups excluding carboxylic acids is 1. The molecule has 1 saturated heterocycles. The average molecular weight is 278 g/mol. The van der Waals surface area contributed by atoms with Gasteiger partial charge in [-0.15, -0.1) is 0 Å². The Kier molecular flexibility index (Phi) is 4.67. The number of hydrogen-bond donors (Lipinski definition) is 1. The quantitative estimate of drug-likeness (QED) is 0.875. The van der Waals surface area contributed by atoms with E-state index in [4.69, 9.17) is 4.74 Å². The molecule has 1 aromatic rings. The zero-order valence-electron chi connectivity index (χ0n) is 12.3. The van der Waals surface area contributed by atoms with Crippen LogP contribution in [0, 0.1) is 6.92 Å². The maximum Gasteiger partial charge on any atom is 0.253 e. The molecule has 0 saturated carbocycles. The van der Waals surface area contributed by atoms with E-state index in [2.05, 4.69) is 34.3 Å². The molecule has 1 aliphatic rings. The predicted molar refractivity (Wildman–Crippen MR) is 75.6 cm³/mol. The van der Waals surface area contributed by atoms with Crippen LogP contribution in [-0.4, -0.2) is 59.4 Å². The molecule has 2 heterocycles. The average Bonchev–Trinajstić information content (AvgIpc) is 2.46. The lowest BCUT2D eigenvalue weighted by atomic mass is 10.0. The highest BCUT2D eigenvalue weighted by Crippen LogP contribution is 2.15. The highest BCUT2D eigenvalue weighted by atomic mass is 16.5. The summed E-state index contributed by atoms with van der Waals surface area (Å²) >= 11 is 0. The molecule has 110 valence electrons. The van der Waals surface area contributed by atoms with Crippen LogP contribution >= 0.6 is 0 Å². The Morgan fingerprint density at radius 1 is 1.45 bits per heavy atom. The lowest BCUT2D eigenvalue weighted by Crippen LogP contribution is -2.55. The molecule has 1 aromatic heterocycles. The third-order valence-corrected chi connectivity index (χ3v) is 3.59. The Morgan fingerprint density at radius 3 is 2.80 bits per heavy atom. The third kappa shape index (κ3) is 3.74. The highest BCUT2D eigenvalue weighted by molar-refractivity contribution is 5.93.